The molecule has 0 bridgehead atoms. The van der Waals surface area contributed by atoms with Crippen LogP contribution in [-0.2, 0) is 14.3 Å². The Balaban J connectivity index is 2.71. The van der Waals surface area contributed by atoms with E-state index in [2.05, 4.69) is 10.1 Å². The average molecular weight is 249 g/mol. The van der Waals surface area contributed by atoms with Gasteiger partial charge in [0.15, 0.2) is 0 Å². The monoisotopic (exact) mass is 249 g/mol. The Bertz CT molecular complexity index is 454. The van der Waals surface area contributed by atoms with Gasteiger partial charge < -0.3 is 10.1 Å². The Hall–Kier alpha value is -1.84. The van der Waals surface area contributed by atoms with E-state index in [1.165, 1.54) is 12.7 Å². The predicted octanol–water partition coefficient (Wildman–Crippen LogP) is 2.04. The number of amides is 1. The van der Waals surface area contributed by atoms with Crippen molar-refractivity contribution >= 4 is 11.9 Å². The second kappa shape index (κ2) is 6.19. The number of rotatable bonds is 4. The number of esters is 1. The minimum Gasteiger partial charge on any atom is -0.469 e. The zero-order valence-corrected chi connectivity index (χ0v) is 11.2. The van der Waals surface area contributed by atoms with E-state index in [0.717, 1.165) is 11.1 Å². The number of methoxy groups -OCH3 is 1. The minimum absolute atomic E-state index is 0.123. The fourth-order valence-corrected chi connectivity index (χ4v) is 1.82. The molecule has 1 N–H and O–H groups in total. The first kappa shape index (κ1) is 14.2. The molecular formula is C14H19NO3. The molecular weight excluding hydrogens is 230 g/mol. The molecule has 0 aliphatic rings. The van der Waals surface area contributed by atoms with Crippen LogP contribution >= 0.6 is 0 Å². The van der Waals surface area contributed by atoms with Gasteiger partial charge >= 0.3 is 5.97 Å². The van der Waals surface area contributed by atoms with Gasteiger partial charge in [-0.2, -0.15) is 0 Å². The van der Waals surface area contributed by atoms with Gasteiger partial charge in [0.2, 0.25) is 5.91 Å². The Morgan fingerprint density at radius 2 is 2.00 bits per heavy atom. The molecule has 0 radical (unpaired) electrons. The van der Waals surface area contributed by atoms with Crippen LogP contribution in [0.5, 0.6) is 0 Å². The zero-order chi connectivity index (χ0) is 13.7. The summed E-state index contributed by atoms with van der Waals surface area (Å²) in [5, 5.41) is 2.79. The first-order valence-corrected chi connectivity index (χ1v) is 5.88. The molecule has 0 aliphatic heterocycles. The van der Waals surface area contributed by atoms with Crippen molar-refractivity contribution in [3.63, 3.8) is 0 Å². The van der Waals surface area contributed by atoms with Gasteiger partial charge in [-0.1, -0.05) is 18.2 Å². The highest BCUT2D eigenvalue weighted by Gasteiger charge is 2.15. The summed E-state index contributed by atoms with van der Waals surface area (Å²) in [7, 11) is 1.27. The first-order chi connectivity index (χ1) is 8.45. The molecule has 1 atom stereocenters. The topological polar surface area (TPSA) is 55.4 Å². The molecule has 0 heterocycles. The lowest BCUT2D eigenvalue weighted by Gasteiger charge is -2.17. The molecule has 1 unspecified atom stereocenters. The van der Waals surface area contributed by atoms with Gasteiger partial charge in [-0.25, -0.2) is 0 Å². The fourth-order valence-electron chi connectivity index (χ4n) is 1.82. The van der Waals surface area contributed by atoms with E-state index >= 15 is 0 Å². The Kier molecular flexibility index (Phi) is 4.89. The molecule has 1 amide bonds. The van der Waals surface area contributed by atoms with Crippen LogP contribution in [-0.4, -0.2) is 19.0 Å². The predicted molar refractivity (Wildman–Crippen MR) is 69.1 cm³/mol. The van der Waals surface area contributed by atoms with Crippen molar-refractivity contribution in [2.24, 2.45) is 0 Å². The Labute approximate surface area is 107 Å². The van der Waals surface area contributed by atoms with E-state index in [1.807, 2.05) is 39.0 Å². The van der Waals surface area contributed by atoms with Gasteiger partial charge in [0.25, 0.3) is 0 Å². The van der Waals surface area contributed by atoms with E-state index in [1.54, 1.807) is 0 Å². The summed E-state index contributed by atoms with van der Waals surface area (Å²) in [5.74, 6) is -0.851. The highest BCUT2D eigenvalue weighted by molar-refractivity contribution is 5.94. The van der Waals surface area contributed by atoms with Crippen LogP contribution in [0.3, 0.4) is 0 Å². The molecule has 1 aromatic rings. The maximum Gasteiger partial charge on any atom is 0.315 e. The Morgan fingerprint density at radius 1 is 1.33 bits per heavy atom. The number of nitrogens with one attached hydrogen (secondary N) is 1. The largest absolute Gasteiger partial charge is 0.469 e. The number of hydrogen-bond acceptors (Lipinski definition) is 3. The van der Waals surface area contributed by atoms with Crippen LogP contribution in [0.4, 0.5) is 0 Å². The second-order valence-corrected chi connectivity index (χ2v) is 4.33. The summed E-state index contributed by atoms with van der Waals surface area (Å²) in [6.45, 7) is 5.95. The first-order valence-electron chi connectivity index (χ1n) is 5.88. The molecule has 4 nitrogen and oxygen atoms in total. The van der Waals surface area contributed by atoms with Gasteiger partial charge in [-0.15, -0.1) is 0 Å². The van der Waals surface area contributed by atoms with Crippen molar-refractivity contribution in [3.8, 4) is 0 Å². The van der Waals surface area contributed by atoms with E-state index in [-0.39, 0.29) is 18.4 Å². The number of carbonyl (C=O) groups is 2. The van der Waals surface area contributed by atoms with Gasteiger partial charge in [0.1, 0.15) is 6.42 Å². The molecule has 4 heteroatoms. The summed E-state index contributed by atoms with van der Waals surface area (Å²) in [4.78, 5) is 22.6. The number of carbonyl (C=O) groups excluding carboxylic acids is 2. The van der Waals surface area contributed by atoms with Gasteiger partial charge in [-0.3, -0.25) is 9.59 Å². The second-order valence-electron chi connectivity index (χ2n) is 4.33. The summed E-state index contributed by atoms with van der Waals surface area (Å²) < 4.78 is 4.45. The number of benzene rings is 1. The fraction of sp³-hybridized carbons (Fsp3) is 0.429. The van der Waals surface area contributed by atoms with Crippen molar-refractivity contribution in [3.05, 3.63) is 34.9 Å². The molecule has 0 spiro atoms. The van der Waals surface area contributed by atoms with Crippen molar-refractivity contribution in [1.29, 1.82) is 0 Å². The third-order valence-electron chi connectivity index (χ3n) is 3.02. The van der Waals surface area contributed by atoms with Crippen LogP contribution in [0, 0.1) is 13.8 Å². The lowest BCUT2D eigenvalue weighted by atomic mass is 9.98. The smallest absolute Gasteiger partial charge is 0.315 e. The number of hydrogen-bond donors (Lipinski definition) is 1. The molecule has 18 heavy (non-hydrogen) atoms. The van der Waals surface area contributed by atoms with Crippen LogP contribution in [0.2, 0.25) is 0 Å². The summed E-state index contributed by atoms with van der Waals surface area (Å²) >= 11 is 0. The van der Waals surface area contributed by atoms with Crippen molar-refractivity contribution in [2.75, 3.05) is 7.11 Å². The molecule has 0 aromatic heterocycles. The van der Waals surface area contributed by atoms with Crippen LogP contribution in [0.15, 0.2) is 18.2 Å². The quantitative estimate of drug-likeness (QED) is 0.656. The molecule has 98 valence electrons. The molecule has 0 aliphatic carbocycles. The van der Waals surface area contributed by atoms with Gasteiger partial charge in [-0.05, 0) is 37.5 Å². The van der Waals surface area contributed by atoms with Crippen LogP contribution in [0.25, 0.3) is 0 Å². The third-order valence-corrected chi connectivity index (χ3v) is 3.02. The molecule has 0 saturated carbocycles. The molecule has 0 saturated heterocycles. The molecule has 0 fully saturated rings. The highest BCUT2D eigenvalue weighted by Crippen LogP contribution is 2.19. The normalized spacial score (nSPS) is 11.8. The SMILES string of the molecule is COC(=O)CC(=O)NC(C)c1cccc(C)c1C. The lowest BCUT2D eigenvalue weighted by molar-refractivity contribution is -0.143. The average Bonchev–Trinajstić information content (AvgIpc) is 2.32. The van der Waals surface area contributed by atoms with Gasteiger partial charge in [0.05, 0.1) is 13.2 Å². The molecule has 1 aromatic carbocycles. The zero-order valence-electron chi connectivity index (χ0n) is 11.2. The summed E-state index contributed by atoms with van der Waals surface area (Å²) in [5.41, 5.74) is 3.40. The maximum atomic E-state index is 11.6. The maximum absolute atomic E-state index is 11.6. The van der Waals surface area contributed by atoms with Crippen LogP contribution < -0.4 is 5.32 Å². The van der Waals surface area contributed by atoms with E-state index in [0.29, 0.717) is 0 Å². The van der Waals surface area contributed by atoms with Crippen molar-refractivity contribution < 1.29 is 14.3 Å². The van der Waals surface area contributed by atoms with E-state index < -0.39 is 5.97 Å². The van der Waals surface area contributed by atoms with E-state index in [4.69, 9.17) is 0 Å². The third kappa shape index (κ3) is 3.58. The molecule has 1 rings (SSSR count). The van der Waals surface area contributed by atoms with Crippen LogP contribution in [0.1, 0.15) is 36.1 Å². The van der Waals surface area contributed by atoms with Gasteiger partial charge in [0, 0.05) is 0 Å². The number of aryl methyl sites for hydroxylation is 1. The lowest BCUT2D eigenvalue weighted by Crippen LogP contribution is -2.29. The summed E-state index contributed by atoms with van der Waals surface area (Å²) in [6, 6.07) is 5.84. The standard InChI is InChI=1S/C14H19NO3/c1-9-6-5-7-12(10(9)2)11(3)15-13(16)8-14(17)18-4/h5-7,11H,8H2,1-4H3,(H,15,16). The summed E-state index contributed by atoms with van der Waals surface area (Å²) in [6.07, 6.45) is -0.244. The highest BCUT2D eigenvalue weighted by atomic mass is 16.5. The number of ether oxygens (including phenoxy) is 1. The van der Waals surface area contributed by atoms with Crippen molar-refractivity contribution in [2.45, 2.75) is 33.2 Å². The minimum atomic E-state index is -0.527. The Morgan fingerprint density at radius 3 is 2.61 bits per heavy atom. The van der Waals surface area contributed by atoms with E-state index in [9.17, 15) is 9.59 Å². The van der Waals surface area contributed by atoms with Crippen molar-refractivity contribution in [1.82, 2.24) is 5.32 Å².